The molecule has 0 fully saturated rings. The third kappa shape index (κ3) is 4.23. The van der Waals surface area contributed by atoms with Crippen molar-refractivity contribution in [3.05, 3.63) is 173 Å². The number of aliphatic imine (C=N–C) groups is 1. The van der Waals surface area contributed by atoms with Crippen molar-refractivity contribution in [3.63, 3.8) is 0 Å². The van der Waals surface area contributed by atoms with Gasteiger partial charge < -0.3 is 15.3 Å². The smallest absolute Gasteiger partial charge is 0.138 e. The van der Waals surface area contributed by atoms with Crippen LogP contribution < -0.4 is 5.32 Å². The first-order chi connectivity index (χ1) is 24.5. The third-order valence-electron chi connectivity index (χ3n) is 10.4. The van der Waals surface area contributed by atoms with Gasteiger partial charge in [-0.05, 0) is 82.4 Å². The minimum absolute atomic E-state index is 0.0682. The monoisotopic (exact) mass is 660 g/mol. The van der Waals surface area contributed by atoms with E-state index in [1.54, 1.807) is 0 Å². The highest BCUT2D eigenvalue weighted by molar-refractivity contribution is 7.25. The maximum atomic E-state index is 8.81. The molecule has 0 saturated carbocycles. The molecular formula is C45H32N4S. The Morgan fingerprint density at radius 2 is 1.44 bits per heavy atom. The van der Waals surface area contributed by atoms with Crippen LogP contribution in [0.15, 0.2) is 151 Å². The molecule has 0 saturated heterocycles. The molecule has 2 aliphatic rings. The number of hydrogen-bond donors (Lipinski definition) is 2. The topological polar surface area (TPSA) is 53.2 Å². The lowest BCUT2D eigenvalue weighted by Gasteiger charge is -2.22. The lowest BCUT2D eigenvalue weighted by atomic mass is 9.82. The highest BCUT2D eigenvalue weighted by Crippen LogP contribution is 2.52. The number of aromatic nitrogens is 1. The van der Waals surface area contributed by atoms with Crippen LogP contribution in [0.1, 0.15) is 41.7 Å². The molecule has 2 aromatic heterocycles. The molecule has 1 aliphatic carbocycles. The lowest BCUT2D eigenvalue weighted by molar-refractivity contribution is 0.661. The van der Waals surface area contributed by atoms with Gasteiger partial charge in [0.2, 0.25) is 0 Å². The van der Waals surface area contributed by atoms with Crippen molar-refractivity contribution in [2.75, 3.05) is 0 Å². The standard InChI is InChI=1S/C45H32N4S/c1-45(2)35-17-9-6-14-30(35)33-25-40-34(24-36(33)45)42-32-16-8-11-19-41(32)50-44(42)49(40)29-22-20-28(21-23-29)43-47-38-18-10-7-15-31(38)39(48-43)26-37(46)27-12-4-3-5-13-27/h3-26,46H,1-2H3,(H,47,48)/b39-26-,46-37?. The van der Waals surface area contributed by atoms with Crippen LogP contribution in [0.5, 0.6) is 0 Å². The van der Waals surface area contributed by atoms with E-state index < -0.39 is 0 Å². The highest BCUT2D eigenvalue weighted by Gasteiger charge is 2.36. The van der Waals surface area contributed by atoms with Gasteiger partial charge in [0.15, 0.2) is 0 Å². The van der Waals surface area contributed by atoms with Gasteiger partial charge in [-0.25, -0.2) is 4.99 Å². The fourth-order valence-electron chi connectivity index (χ4n) is 7.94. The quantitative estimate of drug-likeness (QED) is 0.181. The van der Waals surface area contributed by atoms with Crippen LogP contribution in [0.2, 0.25) is 0 Å². The van der Waals surface area contributed by atoms with Gasteiger partial charge in [0.1, 0.15) is 10.7 Å². The second-order valence-electron chi connectivity index (χ2n) is 13.7. The van der Waals surface area contributed by atoms with Crippen molar-refractivity contribution in [1.29, 1.82) is 5.41 Å². The number of amidine groups is 1. The highest BCUT2D eigenvalue weighted by atomic mass is 32.1. The summed E-state index contributed by atoms with van der Waals surface area (Å²) < 4.78 is 3.75. The normalized spacial score (nSPS) is 15.2. The summed E-state index contributed by atoms with van der Waals surface area (Å²) in [5, 5.41) is 16.3. The van der Waals surface area contributed by atoms with Crippen LogP contribution in [0.3, 0.4) is 0 Å². The minimum atomic E-state index is -0.0682. The molecule has 4 nitrogen and oxygen atoms in total. The largest absolute Gasteiger partial charge is 0.339 e. The molecule has 0 unspecified atom stereocenters. The summed E-state index contributed by atoms with van der Waals surface area (Å²) in [6.07, 6.45) is 1.90. The zero-order chi connectivity index (χ0) is 33.6. The van der Waals surface area contributed by atoms with E-state index >= 15 is 0 Å². The minimum Gasteiger partial charge on any atom is -0.339 e. The van der Waals surface area contributed by atoms with E-state index in [1.165, 1.54) is 53.5 Å². The summed E-state index contributed by atoms with van der Waals surface area (Å²) in [5.74, 6) is 0.767. The van der Waals surface area contributed by atoms with E-state index in [-0.39, 0.29) is 5.41 Å². The number of allylic oxidation sites excluding steroid dienone is 1. The summed E-state index contributed by atoms with van der Waals surface area (Å²) in [5.41, 5.74) is 12.7. The van der Waals surface area contributed by atoms with Crippen LogP contribution >= 0.6 is 11.3 Å². The summed E-state index contributed by atoms with van der Waals surface area (Å²) in [4.78, 5) is 6.29. The number of nitrogens with zero attached hydrogens (tertiary/aromatic N) is 2. The summed E-state index contributed by atoms with van der Waals surface area (Å²) in [6.45, 7) is 4.71. The molecule has 0 amide bonds. The molecule has 10 rings (SSSR count). The maximum Gasteiger partial charge on any atom is 0.138 e. The summed E-state index contributed by atoms with van der Waals surface area (Å²) >= 11 is 1.86. The average molecular weight is 661 g/mol. The van der Waals surface area contributed by atoms with E-state index in [1.807, 2.05) is 65.9 Å². The second-order valence-corrected chi connectivity index (χ2v) is 14.7. The molecule has 0 atom stereocenters. The van der Waals surface area contributed by atoms with E-state index in [0.29, 0.717) is 5.71 Å². The SMILES string of the molecule is CC1(C)c2ccccc2-c2cc3c(cc21)c1c2ccccc2sc1n3-c1ccc(C2=Nc3ccccc3/C(=C/C(=N)c3ccccc3)N2)cc1. The predicted octanol–water partition coefficient (Wildman–Crippen LogP) is 11.4. The molecule has 0 radical (unpaired) electrons. The zero-order valence-electron chi connectivity index (χ0n) is 27.7. The molecule has 5 heteroatoms. The molecule has 50 heavy (non-hydrogen) atoms. The van der Waals surface area contributed by atoms with Crippen molar-refractivity contribution in [3.8, 4) is 16.8 Å². The van der Waals surface area contributed by atoms with Crippen LogP contribution in [-0.4, -0.2) is 16.1 Å². The average Bonchev–Trinajstić information content (AvgIpc) is 3.75. The number of rotatable bonds is 4. The molecule has 8 aromatic rings. The van der Waals surface area contributed by atoms with Crippen molar-refractivity contribution in [1.82, 2.24) is 9.88 Å². The Bertz CT molecular complexity index is 2760. The predicted molar refractivity (Wildman–Crippen MR) is 211 cm³/mol. The molecule has 2 N–H and O–H groups in total. The van der Waals surface area contributed by atoms with E-state index in [9.17, 15) is 0 Å². The summed E-state index contributed by atoms with van der Waals surface area (Å²) in [6, 6.07) is 49.3. The zero-order valence-corrected chi connectivity index (χ0v) is 28.5. The van der Waals surface area contributed by atoms with Gasteiger partial charge in [-0.3, -0.25) is 0 Å². The third-order valence-corrected chi connectivity index (χ3v) is 11.6. The number of nitrogens with one attached hydrogen (secondary N) is 2. The first kappa shape index (κ1) is 28.9. The van der Waals surface area contributed by atoms with Crippen LogP contribution in [0.25, 0.3) is 53.7 Å². The van der Waals surface area contributed by atoms with Crippen LogP contribution in [0.4, 0.5) is 5.69 Å². The fraction of sp³-hybridized carbons (Fsp3) is 0.0667. The van der Waals surface area contributed by atoms with Gasteiger partial charge in [-0.2, -0.15) is 0 Å². The van der Waals surface area contributed by atoms with Gasteiger partial charge in [0.25, 0.3) is 0 Å². The maximum absolute atomic E-state index is 8.81. The van der Waals surface area contributed by atoms with Crippen LogP contribution in [0, 0.1) is 5.41 Å². The van der Waals surface area contributed by atoms with Gasteiger partial charge >= 0.3 is 0 Å². The van der Waals surface area contributed by atoms with Gasteiger partial charge in [-0.15, -0.1) is 11.3 Å². The Morgan fingerprint density at radius 1 is 0.720 bits per heavy atom. The van der Waals surface area contributed by atoms with Crippen molar-refractivity contribution >= 4 is 65.5 Å². The first-order valence-electron chi connectivity index (χ1n) is 17.0. The number of hydrogen-bond acceptors (Lipinski definition) is 4. The van der Waals surface area contributed by atoms with Gasteiger partial charge in [0, 0.05) is 43.1 Å². The van der Waals surface area contributed by atoms with Crippen molar-refractivity contribution in [2.45, 2.75) is 19.3 Å². The van der Waals surface area contributed by atoms with E-state index in [2.05, 4.69) is 115 Å². The number of para-hydroxylation sites is 1. The molecular weight excluding hydrogens is 629 g/mol. The molecule has 1 aliphatic heterocycles. The Labute approximate surface area is 294 Å². The molecule has 6 aromatic carbocycles. The Balaban J connectivity index is 1.12. The fourth-order valence-corrected chi connectivity index (χ4v) is 9.20. The van der Waals surface area contributed by atoms with E-state index in [4.69, 9.17) is 10.4 Å². The molecule has 3 heterocycles. The van der Waals surface area contributed by atoms with Crippen LogP contribution in [-0.2, 0) is 5.41 Å². The Morgan fingerprint density at radius 3 is 2.28 bits per heavy atom. The Kier molecular flexibility index (Phi) is 6.21. The molecule has 0 bridgehead atoms. The van der Waals surface area contributed by atoms with Crippen molar-refractivity contribution in [2.24, 2.45) is 4.99 Å². The van der Waals surface area contributed by atoms with Crippen molar-refractivity contribution < 1.29 is 0 Å². The van der Waals surface area contributed by atoms with Gasteiger partial charge in [0.05, 0.1) is 22.6 Å². The first-order valence-corrected chi connectivity index (χ1v) is 17.8. The van der Waals surface area contributed by atoms with E-state index in [0.717, 1.165) is 39.6 Å². The Hall–Kier alpha value is -6.04. The lowest BCUT2D eigenvalue weighted by Crippen LogP contribution is -2.26. The number of thiophene rings is 1. The number of benzene rings is 6. The molecule has 238 valence electrons. The second kappa shape index (κ2) is 10.7. The van der Waals surface area contributed by atoms with Gasteiger partial charge in [-0.1, -0.05) is 105 Å². The number of fused-ring (bicyclic) bond motifs is 9. The summed E-state index contributed by atoms with van der Waals surface area (Å²) in [7, 11) is 0. The molecule has 0 spiro atoms.